The lowest BCUT2D eigenvalue weighted by molar-refractivity contribution is 0.0383. The van der Waals surface area contributed by atoms with E-state index in [0.29, 0.717) is 37.0 Å². The first-order valence-corrected chi connectivity index (χ1v) is 15.0. The average Bonchev–Trinajstić information content (AvgIpc) is 3.71. The van der Waals surface area contributed by atoms with Crippen LogP contribution in [-0.2, 0) is 18.8 Å². The standard InChI is InChI=1S/C29H30ClFN8O5S/c1-37-15-18(33-26(40)20-4-3-17(30)11-21(20)31)12-23(37)28(42)34-19-13-24(38(2)16-19)29(43)35-25-14-22(36-45-25)27(41)32-5-6-39-7-9-44-10-8-39/h3-4,11-16H,5-10H2,1-2H3,(H,32,41)(H,33,40)(H,34,42)(H,35,43). The number of halogens is 2. The first-order chi connectivity index (χ1) is 21.6. The van der Waals surface area contributed by atoms with Gasteiger partial charge in [0, 0.05) is 63.8 Å². The molecule has 0 radical (unpaired) electrons. The van der Waals surface area contributed by atoms with Gasteiger partial charge in [0.1, 0.15) is 27.9 Å². The van der Waals surface area contributed by atoms with Gasteiger partial charge in [-0.05, 0) is 41.9 Å². The Morgan fingerprint density at radius 2 is 1.51 bits per heavy atom. The summed E-state index contributed by atoms with van der Waals surface area (Å²) in [5.74, 6) is -2.75. The minimum absolute atomic E-state index is 0.164. The van der Waals surface area contributed by atoms with E-state index in [9.17, 15) is 23.6 Å². The number of benzene rings is 1. The molecule has 4 aromatic rings. The molecule has 0 unspecified atom stereocenters. The summed E-state index contributed by atoms with van der Waals surface area (Å²) in [6.07, 6.45) is 3.08. The zero-order valence-corrected chi connectivity index (χ0v) is 25.9. The molecule has 0 atom stereocenters. The predicted molar refractivity (Wildman–Crippen MR) is 168 cm³/mol. The van der Waals surface area contributed by atoms with Crippen molar-refractivity contribution in [2.24, 2.45) is 14.1 Å². The van der Waals surface area contributed by atoms with Crippen LogP contribution in [0.15, 0.2) is 48.8 Å². The molecule has 1 saturated heterocycles. The van der Waals surface area contributed by atoms with E-state index in [-0.39, 0.29) is 39.3 Å². The van der Waals surface area contributed by atoms with Crippen molar-refractivity contribution in [2.75, 3.05) is 55.3 Å². The molecule has 16 heteroatoms. The van der Waals surface area contributed by atoms with Crippen molar-refractivity contribution in [3.05, 3.63) is 82.3 Å². The van der Waals surface area contributed by atoms with Crippen molar-refractivity contribution in [1.82, 2.24) is 23.7 Å². The SMILES string of the molecule is Cn1cc(NC(=O)c2ccc(Cl)cc2F)cc1C(=O)Nc1cc(C(=O)Nc2cc(C(=O)NCCN3CCOCC3)ns2)n(C)c1. The summed E-state index contributed by atoms with van der Waals surface area (Å²) in [4.78, 5) is 53.2. The highest BCUT2D eigenvalue weighted by Crippen LogP contribution is 2.22. The number of hydrogen-bond donors (Lipinski definition) is 4. The summed E-state index contributed by atoms with van der Waals surface area (Å²) in [6, 6.07) is 8.16. The van der Waals surface area contributed by atoms with Crippen LogP contribution in [0.2, 0.25) is 5.02 Å². The number of nitrogens with one attached hydrogen (secondary N) is 4. The summed E-state index contributed by atoms with van der Waals surface area (Å²) < 4.78 is 26.6. The molecular weight excluding hydrogens is 627 g/mol. The molecule has 3 aromatic heterocycles. The Balaban J connectivity index is 1.15. The topological polar surface area (TPSA) is 152 Å². The van der Waals surface area contributed by atoms with Gasteiger partial charge in [-0.1, -0.05) is 11.6 Å². The summed E-state index contributed by atoms with van der Waals surface area (Å²) in [5, 5.41) is 11.4. The van der Waals surface area contributed by atoms with Crippen molar-refractivity contribution in [3.8, 4) is 0 Å². The average molecular weight is 657 g/mol. The summed E-state index contributed by atoms with van der Waals surface area (Å²) in [6.45, 7) is 4.21. The molecule has 1 fully saturated rings. The predicted octanol–water partition coefficient (Wildman–Crippen LogP) is 3.43. The maximum absolute atomic E-state index is 14.1. The third-order valence-corrected chi connectivity index (χ3v) is 7.90. The van der Waals surface area contributed by atoms with E-state index in [1.54, 1.807) is 24.9 Å². The van der Waals surface area contributed by atoms with E-state index in [2.05, 4.69) is 30.5 Å². The Labute approximate surface area is 266 Å². The Kier molecular flexibility index (Phi) is 9.93. The number of ether oxygens (including phenoxy) is 1. The van der Waals surface area contributed by atoms with Crippen LogP contribution in [0.3, 0.4) is 0 Å². The van der Waals surface area contributed by atoms with Gasteiger partial charge in [0.15, 0.2) is 0 Å². The molecule has 1 aliphatic rings. The van der Waals surface area contributed by atoms with E-state index < -0.39 is 23.5 Å². The number of carbonyl (C=O) groups is 4. The van der Waals surface area contributed by atoms with Crippen LogP contribution in [0.4, 0.5) is 20.8 Å². The van der Waals surface area contributed by atoms with Crippen LogP contribution >= 0.6 is 23.1 Å². The minimum Gasteiger partial charge on any atom is -0.379 e. The molecule has 4 heterocycles. The van der Waals surface area contributed by atoms with Crippen LogP contribution < -0.4 is 21.3 Å². The van der Waals surface area contributed by atoms with Crippen LogP contribution in [0, 0.1) is 5.82 Å². The fraction of sp³-hybridized carbons (Fsp3) is 0.276. The van der Waals surface area contributed by atoms with Gasteiger partial charge in [-0.25, -0.2) is 4.39 Å². The second kappa shape index (κ2) is 14.0. The second-order valence-corrected chi connectivity index (χ2v) is 11.5. The molecule has 0 spiro atoms. The largest absolute Gasteiger partial charge is 0.379 e. The Bertz CT molecular complexity index is 1750. The van der Waals surface area contributed by atoms with Crippen LogP contribution in [0.25, 0.3) is 0 Å². The number of amides is 4. The number of aryl methyl sites for hydroxylation is 2. The Morgan fingerprint density at radius 1 is 0.889 bits per heavy atom. The zero-order valence-electron chi connectivity index (χ0n) is 24.4. The van der Waals surface area contributed by atoms with E-state index in [1.165, 1.54) is 41.1 Å². The number of anilines is 3. The van der Waals surface area contributed by atoms with Crippen molar-refractivity contribution in [1.29, 1.82) is 0 Å². The number of hydrogen-bond acceptors (Lipinski definition) is 8. The lowest BCUT2D eigenvalue weighted by Crippen LogP contribution is -2.41. The molecule has 45 heavy (non-hydrogen) atoms. The van der Waals surface area contributed by atoms with Crippen LogP contribution in [-0.4, -0.2) is 81.4 Å². The number of aromatic nitrogens is 3. The van der Waals surface area contributed by atoms with Gasteiger partial charge in [0.05, 0.1) is 30.2 Å². The lowest BCUT2D eigenvalue weighted by atomic mass is 10.2. The van der Waals surface area contributed by atoms with E-state index in [4.69, 9.17) is 16.3 Å². The fourth-order valence-electron chi connectivity index (χ4n) is 4.64. The fourth-order valence-corrected chi connectivity index (χ4v) is 5.44. The summed E-state index contributed by atoms with van der Waals surface area (Å²) in [7, 11) is 3.27. The first-order valence-electron chi connectivity index (χ1n) is 13.8. The highest BCUT2D eigenvalue weighted by atomic mass is 35.5. The van der Waals surface area contributed by atoms with Crippen LogP contribution in [0.5, 0.6) is 0 Å². The molecule has 236 valence electrons. The third kappa shape index (κ3) is 7.94. The maximum Gasteiger partial charge on any atom is 0.272 e. The molecule has 0 aliphatic carbocycles. The van der Waals surface area contributed by atoms with E-state index in [0.717, 1.165) is 30.7 Å². The van der Waals surface area contributed by atoms with E-state index >= 15 is 0 Å². The van der Waals surface area contributed by atoms with Crippen molar-refractivity contribution in [2.45, 2.75) is 0 Å². The number of morpholine rings is 1. The van der Waals surface area contributed by atoms with Crippen molar-refractivity contribution in [3.63, 3.8) is 0 Å². The van der Waals surface area contributed by atoms with Crippen LogP contribution in [0.1, 0.15) is 41.8 Å². The first kappa shape index (κ1) is 31.8. The molecule has 0 bridgehead atoms. The summed E-state index contributed by atoms with van der Waals surface area (Å²) >= 11 is 6.74. The molecule has 13 nitrogen and oxygen atoms in total. The van der Waals surface area contributed by atoms with Gasteiger partial charge in [0.2, 0.25) is 0 Å². The van der Waals surface area contributed by atoms with E-state index in [1.807, 2.05) is 0 Å². The summed E-state index contributed by atoms with van der Waals surface area (Å²) in [5.41, 5.74) is 1.10. The van der Waals surface area contributed by atoms with Crippen molar-refractivity contribution >= 4 is 63.1 Å². The Morgan fingerprint density at radius 3 is 2.16 bits per heavy atom. The second-order valence-electron chi connectivity index (χ2n) is 10.2. The normalized spacial score (nSPS) is 13.3. The number of rotatable bonds is 10. The quantitative estimate of drug-likeness (QED) is 0.204. The molecule has 4 amide bonds. The zero-order chi connectivity index (χ0) is 32.1. The van der Waals surface area contributed by atoms with Gasteiger partial charge in [-0.3, -0.25) is 24.1 Å². The smallest absolute Gasteiger partial charge is 0.272 e. The number of nitrogens with zero attached hydrogens (tertiary/aromatic N) is 4. The van der Waals surface area contributed by atoms with Gasteiger partial charge in [-0.2, -0.15) is 4.37 Å². The van der Waals surface area contributed by atoms with Gasteiger partial charge < -0.3 is 35.1 Å². The monoisotopic (exact) mass is 656 g/mol. The lowest BCUT2D eigenvalue weighted by Gasteiger charge is -2.26. The van der Waals surface area contributed by atoms with Gasteiger partial charge in [0.25, 0.3) is 23.6 Å². The maximum atomic E-state index is 14.1. The molecule has 1 aromatic carbocycles. The van der Waals surface area contributed by atoms with Crippen molar-refractivity contribution < 1.29 is 28.3 Å². The van der Waals surface area contributed by atoms with Gasteiger partial charge in [-0.15, -0.1) is 0 Å². The third-order valence-electron chi connectivity index (χ3n) is 6.96. The highest BCUT2D eigenvalue weighted by molar-refractivity contribution is 7.10. The molecular formula is C29H30ClFN8O5S. The molecule has 4 N–H and O–H groups in total. The molecule has 5 rings (SSSR count). The van der Waals surface area contributed by atoms with Gasteiger partial charge >= 0.3 is 0 Å². The Hall–Kier alpha value is -4.57. The molecule has 0 saturated carbocycles. The molecule has 1 aliphatic heterocycles. The minimum atomic E-state index is -0.769. The highest BCUT2D eigenvalue weighted by Gasteiger charge is 2.20. The number of carbonyl (C=O) groups excluding carboxylic acids is 4.